The van der Waals surface area contributed by atoms with E-state index in [0.717, 1.165) is 11.2 Å². The second-order valence-corrected chi connectivity index (χ2v) is 4.16. The molecule has 0 radical (unpaired) electrons. The highest BCUT2D eigenvalue weighted by Gasteiger charge is 2.15. The van der Waals surface area contributed by atoms with Crippen molar-refractivity contribution in [1.82, 2.24) is 0 Å². The summed E-state index contributed by atoms with van der Waals surface area (Å²) in [5.41, 5.74) is 0. The third-order valence-electron chi connectivity index (χ3n) is 3.03. The van der Waals surface area contributed by atoms with Crippen LogP contribution in [0.4, 0.5) is 0 Å². The van der Waals surface area contributed by atoms with E-state index in [0.29, 0.717) is 5.92 Å². The first-order valence-corrected chi connectivity index (χ1v) is 5.54. The van der Waals surface area contributed by atoms with E-state index >= 15 is 0 Å². The Hall–Kier alpha value is -0.530. The topological polar surface area (TPSA) is 26.1 Å². The molecule has 1 aliphatic rings. The van der Waals surface area contributed by atoms with Gasteiger partial charge in [-0.3, -0.25) is 0 Å². The van der Waals surface area contributed by atoms with Crippen molar-refractivity contribution in [2.75, 3.05) is 0 Å². The van der Waals surface area contributed by atoms with E-state index in [1.54, 1.807) is 0 Å². The highest BCUT2D eigenvalue weighted by Crippen LogP contribution is 2.21. The second-order valence-electron chi connectivity index (χ2n) is 4.16. The Morgan fingerprint density at radius 1 is 1.38 bits per heavy atom. The minimum atomic E-state index is 0.155. The highest BCUT2D eigenvalue weighted by atomic mass is 16.5. The molecule has 0 bridgehead atoms. The number of hydrogen-bond donors (Lipinski definition) is 0. The van der Waals surface area contributed by atoms with Crippen molar-refractivity contribution in [3.05, 3.63) is 5.21 Å². The Balaban J connectivity index is 2.42. The predicted octanol–water partition coefficient (Wildman–Crippen LogP) is 2.95. The van der Waals surface area contributed by atoms with Crippen LogP contribution in [-0.4, -0.2) is 17.0 Å². The van der Waals surface area contributed by atoms with E-state index in [4.69, 9.17) is 0 Å². The van der Waals surface area contributed by atoms with Crippen molar-refractivity contribution >= 4 is 6.21 Å². The summed E-state index contributed by atoms with van der Waals surface area (Å²) >= 11 is 0. The van der Waals surface area contributed by atoms with Crippen LogP contribution in [0.5, 0.6) is 0 Å². The van der Waals surface area contributed by atoms with Crippen LogP contribution in [0.1, 0.15) is 52.4 Å². The van der Waals surface area contributed by atoms with Gasteiger partial charge in [0.1, 0.15) is 0 Å². The summed E-state index contributed by atoms with van der Waals surface area (Å²) in [6, 6.07) is 0.155. The lowest BCUT2D eigenvalue weighted by molar-refractivity contribution is -0.494. The summed E-state index contributed by atoms with van der Waals surface area (Å²) in [5, 5.41) is 11.5. The molecule has 13 heavy (non-hydrogen) atoms. The molecular formula is C11H21NO. The van der Waals surface area contributed by atoms with Crippen LogP contribution in [-0.2, 0) is 0 Å². The fourth-order valence-electron chi connectivity index (χ4n) is 1.82. The van der Waals surface area contributed by atoms with Gasteiger partial charge in [-0.05, 0) is 19.8 Å². The second kappa shape index (κ2) is 5.25. The van der Waals surface area contributed by atoms with Gasteiger partial charge in [0.15, 0.2) is 12.3 Å². The molecule has 1 saturated carbocycles. The summed E-state index contributed by atoms with van der Waals surface area (Å²) in [6.45, 7) is 4.05. The predicted molar refractivity (Wildman–Crippen MR) is 56.0 cm³/mol. The Morgan fingerprint density at radius 2 is 2.00 bits per heavy atom. The Morgan fingerprint density at radius 3 is 2.54 bits per heavy atom. The maximum Gasteiger partial charge on any atom is 0.159 e. The van der Waals surface area contributed by atoms with Crippen molar-refractivity contribution in [2.24, 2.45) is 5.92 Å². The molecule has 0 N–H and O–H groups in total. The van der Waals surface area contributed by atoms with E-state index in [1.807, 2.05) is 13.1 Å². The molecule has 0 aromatic rings. The monoisotopic (exact) mass is 183 g/mol. The van der Waals surface area contributed by atoms with Crippen molar-refractivity contribution < 1.29 is 4.74 Å². The fraction of sp³-hybridized carbons (Fsp3) is 0.909. The average molecular weight is 183 g/mol. The minimum Gasteiger partial charge on any atom is -0.624 e. The molecule has 0 saturated heterocycles. The van der Waals surface area contributed by atoms with Crippen molar-refractivity contribution in [3.63, 3.8) is 0 Å². The summed E-state index contributed by atoms with van der Waals surface area (Å²) in [7, 11) is 0. The molecule has 1 unspecified atom stereocenters. The van der Waals surface area contributed by atoms with E-state index in [1.165, 1.54) is 32.1 Å². The first-order valence-electron chi connectivity index (χ1n) is 5.54. The SMILES string of the molecule is CCC(C)[N+]([O-])=CC1CCCCC1. The van der Waals surface area contributed by atoms with Crippen molar-refractivity contribution in [2.45, 2.75) is 58.4 Å². The van der Waals surface area contributed by atoms with E-state index in [2.05, 4.69) is 6.92 Å². The average Bonchev–Trinajstić information content (AvgIpc) is 2.18. The van der Waals surface area contributed by atoms with Crippen LogP contribution in [0.15, 0.2) is 0 Å². The zero-order chi connectivity index (χ0) is 9.68. The number of rotatable bonds is 3. The van der Waals surface area contributed by atoms with Gasteiger partial charge in [-0.15, -0.1) is 0 Å². The molecule has 0 amide bonds. The molecule has 0 aromatic carbocycles. The first kappa shape index (κ1) is 10.6. The van der Waals surface area contributed by atoms with Crippen LogP contribution >= 0.6 is 0 Å². The van der Waals surface area contributed by atoms with Crippen molar-refractivity contribution in [3.8, 4) is 0 Å². The van der Waals surface area contributed by atoms with Crippen LogP contribution in [0, 0.1) is 11.1 Å². The summed E-state index contributed by atoms with van der Waals surface area (Å²) < 4.78 is 1.16. The third kappa shape index (κ3) is 3.37. The Labute approximate surface area is 81.2 Å². The number of nitrogens with zero attached hydrogens (tertiary/aromatic N) is 1. The van der Waals surface area contributed by atoms with Gasteiger partial charge in [0.05, 0.1) is 0 Å². The van der Waals surface area contributed by atoms with Gasteiger partial charge in [-0.1, -0.05) is 26.2 Å². The summed E-state index contributed by atoms with van der Waals surface area (Å²) in [5.74, 6) is 0.556. The van der Waals surface area contributed by atoms with Gasteiger partial charge >= 0.3 is 0 Å². The Bertz CT molecular complexity index is 171. The molecule has 2 heteroatoms. The lowest BCUT2D eigenvalue weighted by Crippen LogP contribution is -2.22. The fourth-order valence-corrected chi connectivity index (χ4v) is 1.82. The molecule has 76 valence electrons. The molecule has 1 rings (SSSR count). The largest absolute Gasteiger partial charge is 0.624 e. The number of hydrogen-bond acceptors (Lipinski definition) is 1. The molecule has 0 spiro atoms. The van der Waals surface area contributed by atoms with Crippen LogP contribution in [0.3, 0.4) is 0 Å². The summed E-state index contributed by atoms with van der Waals surface area (Å²) in [6.07, 6.45) is 9.24. The number of hydroxylamine groups is 1. The quantitative estimate of drug-likeness (QED) is 0.286. The van der Waals surface area contributed by atoms with Gasteiger partial charge in [-0.25, -0.2) is 4.74 Å². The van der Waals surface area contributed by atoms with E-state index < -0.39 is 0 Å². The van der Waals surface area contributed by atoms with Crippen LogP contribution in [0.2, 0.25) is 0 Å². The maximum absolute atomic E-state index is 11.5. The van der Waals surface area contributed by atoms with Gasteiger partial charge in [0, 0.05) is 12.3 Å². The molecule has 0 aromatic heterocycles. The molecular weight excluding hydrogens is 162 g/mol. The third-order valence-corrected chi connectivity index (χ3v) is 3.03. The zero-order valence-corrected chi connectivity index (χ0v) is 8.83. The smallest absolute Gasteiger partial charge is 0.159 e. The molecule has 2 nitrogen and oxygen atoms in total. The van der Waals surface area contributed by atoms with Crippen LogP contribution < -0.4 is 0 Å². The maximum atomic E-state index is 11.5. The Kier molecular flexibility index (Phi) is 4.26. The standard InChI is InChI=1S/C11H21NO/c1-3-10(2)12(13)9-11-7-5-4-6-8-11/h9-11H,3-8H2,1-2H3. The van der Waals surface area contributed by atoms with Gasteiger partial charge < -0.3 is 5.21 Å². The molecule has 1 fully saturated rings. The molecule has 0 aliphatic heterocycles. The van der Waals surface area contributed by atoms with Gasteiger partial charge in [0.25, 0.3) is 0 Å². The van der Waals surface area contributed by atoms with Gasteiger partial charge in [-0.2, -0.15) is 0 Å². The molecule has 1 atom stereocenters. The lowest BCUT2D eigenvalue weighted by atomic mass is 9.90. The van der Waals surface area contributed by atoms with Crippen molar-refractivity contribution in [1.29, 1.82) is 0 Å². The normalized spacial score (nSPS) is 23.1. The van der Waals surface area contributed by atoms with Gasteiger partial charge in [0.2, 0.25) is 0 Å². The van der Waals surface area contributed by atoms with Crippen LogP contribution in [0.25, 0.3) is 0 Å². The molecule has 0 heterocycles. The summed E-state index contributed by atoms with van der Waals surface area (Å²) in [4.78, 5) is 0. The minimum absolute atomic E-state index is 0.155. The first-order chi connectivity index (χ1) is 6.24. The van der Waals surface area contributed by atoms with E-state index in [9.17, 15) is 5.21 Å². The highest BCUT2D eigenvalue weighted by molar-refractivity contribution is 5.55. The lowest BCUT2D eigenvalue weighted by Gasteiger charge is -2.18. The molecule has 1 aliphatic carbocycles. The van der Waals surface area contributed by atoms with E-state index in [-0.39, 0.29) is 6.04 Å². The zero-order valence-electron chi connectivity index (χ0n) is 8.83.